The lowest BCUT2D eigenvalue weighted by molar-refractivity contribution is 0.338. The third-order valence-corrected chi connectivity index (χ3v) is 5.35. The minimum Gasteiger partial charge on any atom is -0.494 e. The fraction of sp³-hybridized carbons (Fsp3) is 0.227. The average Bonchev–Trinajstić information content (AvgIpc) is 3.35. The molecule has 148 valence electrons. The Balaban J connectivity index is 1.52. The van der Waals surface area contributed by atoms with Gasteiger partial charge in [-0.2, -0.15) is 0 Å². The van der Waals surface area contributed by atoms with E-state index in [0.29, 0.717) is 6.61 Å². The Bertz CT molecular complexity index is 1130. The Hall–Kier alpha value is -3.19. The maximum atomic E-state index is 5.67. The number of aryl methyl sites for hydroxylation is 3. The fourth-order valence-corrected chi connectivity index (χ4v) is 3.78. The quantitative estimate of drug-likeness (QED) is 0.461. The van der Waals surface area contributed by atoms with Crippen molar-refractivity contribution in [2.75, 3.05) is 11.9 Å². The summed E-state index contributed by atoms with van der Waals surface area (Å²) in [5.74, 6) is 1.76. The van der Waals surface area contributed by atoms with Crippen molar-refractivity contribution in [2.45, 2.75) is 27.7 Å². The number of aromatic nitrogens is 4. The molecule has 0 aliphatic carbocycles. The molecule has 6 nitrogen and oxygen atoms in total. The molecule has 0 saturated carbocycles. The van der Waals surface area contributed by atoms with Crippen LogP contribution < -0.4 is 10.1 Å². The first kappa shape index (κ1) is 19.1. The van der Waals surface area contributed by atoms with E-state index in [1.54, 1.807) is 17.7 Å². The summed E-state index contributed by atoms with van der Waals surface area (Å²) in [6.45, 7) is 8.74. The third kappa shape index (κ3) is 4.14. The number of ether oxygens (including phenoxy) is 1. The SMILES string of the molecule is CCOc1cc(C)c(Nc2nc(-c3ccc(-n4cnc(C)c4)nc3)cs2)cc1C. The predicted octanol–water partition coefficient (Wildman–Crippen LogP) is 5.46. The second-order valence-corrected chi connectivity index (χ2v) is 7.71. The molecule has 4 rings (SSSR count). The maximum absolute atomic E-state index is 5.67. The van der Waals surface area contributed by atoms with Gasteiger partial charge in [-0.3, -0.25) is 4.57 Å². The topological polar surface area (TPSA) is 64.9 Å². The van der Waals surface area contributed by atoms with E-state index in [9.17, 15) is 0 Å². The highest BCUT2D eigenvalue weighted by Gasteiger charge is 2.10. The summed E-state index contributed by atoms with van der Waals surface area (Å²) >= 11 is 1.58. The van der Waals surface area contributed by atoms with E-state index in [4.69, 9.17) is 9.72 Å². The van der Waals surface area contributed by atoms with Crippen LogP contribution >= 0.6 is 11.3 Å². The molecule has 0 bridgehead atoms. The molecule has 3 aromatic heterocycles. The summed E-state index contributed by atoms with van der Waals surface area (Å²) in [7, 11) is 0. The van der Waals surface area contributed by atoms with Crippen LogP contribution in [0.2, 0.25) is 0 Å². The number of anilines is 2. The van der Waals surface area contributed by atoms with Gasteiger partial charge in [0.2, 0.25) is 0 Å². The monoisotopic (exact) mass is 405 g/mol. The highest BCUT2D eigenvalue weighted by molar-refractivity contribution is 7.14. The molecule has 0 aliphatic heterocycles. The summed E-state index contributed by atoms with van der Waals surface area (Å²) < 4.78 is 7.58. The molecule has 0 radical (unpaired) electrons. The second kappa shape index (κ2) is 8.05. The smallest absolute Gasteiger partial charge is 0.187 e. The van der Waals surface area contributed by atoms with Crippen molar-refractivity contribution >= 4 is 22.2 Å². The molecule has 1 N–H and O–H groups in total. The number of nitrogens with zero attached hydrogens (tertiary/aromatic N) is 4. The molecular formula is C22H23N5OS. The normalized spacial score (nSPS) is 10.9. The lowest BCUT2D eigenvalue weighted by Gasteiger charge is -2.12. The van der Waals surface area contributed by atoms with Gasteiger partial charge in [-0.25, -0.2) is 15.0 Å². The van der Waals surface area contributed by atoms with E-state index in [2.05, 4.69) is 41.3 Å². The van der Waals surface area contributed by atoms with Crippen LogP contribution in [-0.4, -0.2) is 26.1 Å². The molecule has 0 aliphatic rings. The summed E-state index contributed by atoms with van der Waals surface area (Å²) in [5.41, 5.74) is 6.11. The Labute approximate surface area is 174 Å². The molecule has 0 saturated heterocycles. The van der Waals surface area contributed by atoms with Crippen molar-refractivity contribution in [2.24, 2.45) is 0 Å². The van der Waals surface area contributed by atoms with Gasteiger partial charge < -0.3 is 10.1 Å². The van der Waals surface area contributed by atoms with E-state index >= 15 is 0 Å². The number of rotatable bonds is 6. The molecule has 0 amide bonds. The minimum absolute atomic E-state index is 0.663. The average molecular weight is 406 g/mol. The van der Waals surface area contributed by atoms with Crippen LogP contribution in [-0.2, 0) is 0 Å². The van der Waals surface area contributed by atoms with Gasteiger partial charge in [0.15, 0.2) is 5.13 Å². The number of thiazole rings is 1. The molecule has 7 heteroatoms. The van der Waals surface area contributed by atoms with E-state index in [1.165, 1.54) is 0 Å². The van der Waals surface area contributed by atoms with Crippen LogP contribution in [0.3, 0.4) is 0 Å². The van der Waals surface area contributed by atoms with Crippen molar-refractivity contribution in [3.05, 3.63) is 65.2 Å². The Morgan fingerprint density at radius 3 is 2.66 bits per heavy atom. The molecule has 4 aromatic rings. The number of hydrogen-bond acceptors (Lipinski definition) is 6. The number of pyridine rings is 1. The van der Waals surface area contributed by atoms with Gasteiger partial charge in [0, 0.05) is 29.0 Å². The molecule has 0 unspecified atom stereocenters. The van der Waals surface area contributed by atoms with Crippen molar-refractivity contribution in [3.63, 3.8) is 0 Å². The van der Waals surface area contributed by atoms with E-state index in [-0.39, 0.29) is 0 Å². The standard InChI is InChI=1S/C22H23N5OS/c1-5-28-20-9-14(2)18(8-15(20)3)25-22-26-19(12-29-22)17-6-7-21(23-10-17)27-11-16(4)24-13-27/h6-13H,5H2,1-4H3,(H,25,26). The predicted molar refractivity (Wildman–Crippen MR) is 118 cm³/mol. The van der Waals surface area contributed by atoms with E-state index in [0.717, 1.165) is 50.5 Å². The van der Waals surface area contributed by atoms with Crippen LogP contribution in [0.5, 0.6) is 5.75 Å². The molecule has 0 fully saturated rings. The highest BCUT2D eigenvalue weighted by atomic mass is 32.1. The van der Waals surface area contributed by atoms with Gasteiger partial charge in [-0.15, -0.1) is 11.3 Å². The van der Waals surface area contributed by atoms with Crippen LogP contribution in [0.4, 0.5) is 10.8 Å². The maximum Gasteiger partial charge on any atom is 0.187 e. The van der Waals surface area contributed by atoms with E-state index < -0.39 is 0 Å². The molecule has 29 heavy (non-hydrogen) atoms. The van der Waals surface area contributed by atoms with E-state index in [1.807, 2.05) is 48.3 Å². The van der Waals surface area contributed by atoms with Gasteiger partial charge in [-0.1, -0.05) is 0 Å². The third-order valence-electron chi connectivity index (χ3n) is 4.59. The molecule has 3 heterocycles. The van der Waals surface area contributed by atoms with Crippen LogP contribution in [0.15, 0.2) is 48.4 Å². The highest BCUT2D eigenvalue weighted by Crippen LogP contribution is 2.31. The molecule has 0 atom stereocenters. The Morgan fingerprint density at radius 1 is 1.10 bits per heavy atom. The first-order valence-electron chi connectivity index (χ1n) is 9.47. The first-order chi connectivity index (χ1) is 14.0. The number of imidazole rings is 1. The minimum atomic E-state index is 0.663. The number of benzene rings is 1. The fourth-order valence-electron chi connectivity index (χ4n) is 3.05. The summed E-state index contributed by atoms with van der Waals surface area (Å²) in [4.78, 5) is 13.5. The first-order valence-corrected chi connectivity index (χ1v) is 10.4. The van der Waals surface area contributed by atoms with Crippen LogP contribution in [0.1, 0.15) is 23.7 Å². The Kier molecular flexibility index (Phi) is 5.31. The van der Waals surface area contributed by atoms with Gasteiger partial charge in [0.1, 0.15) is 17.9 Å². The van der Waals surface area contributed by atoms with Crippen LogP contribution in [0, 0.1) is 20.8 Å². The van der Waals surface area contributed by atoms with Crippen LogP contribution in [0.25, 0.3) is 17.1 Å². The zero-order chi connectivity index (χ0) is 20.4. The zero-order valence-corrected chi connectivity index (χ0v) is 17.7. The Morgan fingerprint density at radius 2 is 1.97 bits per heavy atom. The summed E-state index contributed by atoms with van der Waals surface area (Å²) in [5, 5.41) is 6.32. The number of hydrogen-bond donors (Lipinski definition) is 1. The lowest BCUT2D eigenvalue weighted by atomic mass is 10.1. The molecule has 1 aromatic carbocycles. The van der Waals surface area contributed by atoms with Crippen molar-refractivity contribution in [1.82, 2.24) is 19.5 Å². The van der Waals surface area contributed by atoms with Gasteiger partial charge >= 0.3 is 0 Å². The van der Waals surface area contributed by atoms with Gasteiger partial charge in [0.05, 0.1) is 18.0 Å². The second-order valence-electron chi connectivity index (χ2n) is 6.86. The lowest BCUT2D eigenvalue weighted by Crippen LogP contribution is -1.98. The van der Waals surface area contributed by atoms with Crippen molar-refractivity contribution < 1.29 is 4.74 Å². The molecule has 0 spiro atoms. The number of nitrogens with one attached hydrogen (secondary N) is 1. The summed E-state index contributed by atoms with van der Waals surface area (Å²) in [6, 6.07) is 8.17. The summed E-state index contributed by atoms with van der Waals surface area (Å²) in [6.07, 6.45) is 5.56. The van der Waals surface area contributed by atoms with Gasteiger partial charge in [-0.05, 0) is 63.1 Å². The van der Waals surface area contributed by atoms with Crippen molar-refractivity contribution in [1.29, 1.82) is 0 Å². The van der Waals surface area contributed by atoms with Crippen molar-refractivity contribution in [3.8, 4) is 22.8 Å². The van der Waals surface area contributed by atoms with Gasteiger partial charge in [0.25, 0.3) is 0 Å². The molecular weight excluding hydrogens is 382 g/mol. The zero-order valence-electron chi connectivity index (χ0n) is 16.9. The largest absolute Gasteiger partial charge is 0.494 e.